The lowest BCUT2D eigenvalue weighted by Gasteiger charge is -2.04. The Labute approximate surface area is 82.9 Å². The molecule has 1 rings (SSSR count). The molecule has 70 valence electrons. The van der Waals surface area contributed by atoms with E-state index in [0.29, 0.717) is 4.64 Å². The van der Waals surface area contributed by atoms with Crippen LogP contribution in [0.15, 0.2) is 18.7 Å². The molecule has 1 heterocycles. The zero-order valence-corrected chi connectivity index (χ0v) is 8.45. The summed E-state index contributed by atoms with van der Waals surface area (Å²) >= 11 is 5.01. The van der Waals surface area contributed by atoms with Gasteiger partial charge in [-0.15, -0.1) is 6.58 Å². The highest BCUT2D eigenvalue weighted by molar-refractivity contribution is 7.71. The van der Waals surface area contributed by atoms with Gasteiger partial charge in [0.25, 0.3) is 0 Å². The molecule has 13 heavy (non-hydrogen) atoms. The predicted molar refractivity (Wildman–Crippen MR) is 57.5 cm³/mol. The van der Waals surface area contributed by atoms with Crippen molar-refractivity contribution in [1.29, 1.82) is 0 Å². The van der Waals surface area contributed by atoms with E-state index in [1.165, 1.54) is 0 Å². The average Bonchev–Trinajstić information content (AvgIpc) is 2.14. The summed E-state index contributed by atoms with van der Waals surface area (Å²) in [7, 11) is 0. The largest absolute Gasteiger partial charge is 0.368 e. The molecule has 0 spiro atoms. The van der Waals surface area contributed by atoms with Crippen LogP contribution < -0.4 is 5.32 Å². The van der Waals surface area contributed by atoms with Crippen molar-refractivity contribution in [2.75, 3.05) is 11.9 Å². The van der Waals surface area contributed by atoms with Gasteiger partial charge in [-0.05, 0) is 0 Å². The second-order valence-electron chi connectivity index (χ2n) is 2.60. The molecule has 0 saturated carbocycles. The van der Waals surface area contributed by atoms with E-state index in [4.69, 9.17) is 12.2 Å². The quantitative estimate of drug-likeness (QED) is 0.572. The van der Waals surface area contributed by atoms with Crippen molar-refractivity contribution in [1.82, 2.24) is 9.97 Å². The van der Waals surface area contributed by atoms with Crippen LogP contribution in [0.1, 0.15) is 12.7 Å². The third-order valence-electron chi connectivity index (χ3n) is 1.56. The Morgan fingerprint density at radius 3 is 3.15 bits per heavy atom. The molecule has 4 heteroatoms. The van der Waals surface area contributed by atoms with E-state index in [2.05, 4.69) is 21.9 Å². The summed E-state index contributed by atoms with van der Waals surface area (Å²) in [6, 6.07) is 1.80. The van der Waals surface area contributed by atoms with E-state index in [9.17, 15) is 0 Å². The molecular weight excluding hydrogens is 182 g/mol. The highest BCUT2D eigenvalue weighted by Crippen LogP contribution is 2.03. The van der Waals surface area contributed by atoms with Crippen LogP contribution in [0.4, 0.5) is 5.82 Å². The molecule has 0 amide bonds. The lowest BCUT2D eigenvalue weighted by molar-refractivity contribution is 0.932. The fourth-order valence-corrected chi connectivity index (χ4v) is 1.18. The van der Waals surface area contributed by atoms with Gasteiger partial charge in [0.05, 0.1) is 0 Å². The van der Waals surface area contributed by atoms with Gasteiger partial charge in [0.15, 0.2) is 0 Å². The summed E-state index contributed by atoms with van der Waals surface area (Å²) in [5.41, 5.74) is 0. The lowest BCUT2D eigenvalue weighted by atomic mass is 10.4. The van der Waals surface area contributed by atoms with E-state index in [1.54, 1.807) is 12.1 Å². The van der Waals surface area contributed by atoms with Crippen molar-refractivity contribution >= 4 is 18.0 Å². The molecule has 0 aliphatic carbocycles. The Morgan fingerprint density at radius 1 is 1.77 bits per heavy atom. The summed E-state index contributed by atoms with van der Waals surface area (Å²) in [6.45, 7) is 6.38. The number of hydrogen-bond donors (Lipinski definition) is 2. The Balaban J connectivity index is 2.88. The summed E-state index contributed by atoms with van der Waals surface area (Å²) < 4.78 is 0.613. The minimum Gasteiger partial charge on any atom is -0.368 e. The number of anilines is 1. The first-order chi connectivity index (χ1) is 6.26. The smallest absolute Gasteiger partial charge is 0.131 e. The maximum absolute atomic E-state index is 5.01. The van der Waals surface area contributed by atoms with Gasteiger partial charge in [0.2, 0.25) is 0 Å². The molecule has 0 unspecified atom stereocenters. The molecule has 0 bridgehead atoms. The number of hydrogen-bond acceptors (Lipinski definition) is 3. The molecule has 0 atom stereocenters. The van der Waals surface area contributed by atoms with Crippen LogP contribution in [-0.4, -0.2) is 16.5 Å². The Kier molecular flexibility index (Phi) is 3.64. The van der Waals surface area contributed by atoms with E-state index >= 15 is 0 Å². The first-order valence-electron chi connectivity index (χ1n) is 4.21. The number of nitrogens with zero attached hydrogens (tertiary/aromatic N) is 1. The Hall–Kier alpha value is -1.16. The highest BCUT2D eigenvalue weighted by atomic mass is 32.1. The number of rotatable bonds is 4. The minimum atomic E-state index is 0.613. The fraction of sp³-hybridized carbons (Fsp3) is 0.333. The van der Waals surface area contributed by atoms with Crippen LogP contribution in [0.2, 0.25) is 0 Å². The second kappa shape index (κ2) is 4.77. The lowest BCUT2D eigenvalue weighted by Crippen LogP contribution is -2.03. The molecule has 1 aromatic heterocycles. The summed E-state index contributed by atoms with van der Waals surface area (Å²) in [6.07, 6.45) is 2.65. The van der Waals surface area contributed by atoms with Crippen molar-refractivity contribution in [3.05, 3.63) is 29.2 Å². The van der Waals surface area contributed by atoms with Crippen LogP contribution in [-0.2, 0) is 6.42 Å². The summed E-state index contributed by atoms with van der Waals surface area (Å²) in [4.78, 5) is 7.29. The molecule has 0 saturated heterocycles. The minimum absolute atomic E-state index is 0.613. The molecular formula is C9H13N3S. The molecule has 0 aromatic carbocycles. The van der Waals surface area contributed by atoms with Crippen LogP contribution >= 0.6 is 12.2 Å². The van der Waals surface area contributed by atoms with E-state index < -0.39 is 0 Å². The number of aromatic nitrogens is 2. The van der Waals surface area contributed by atoms with Gasteiger partial charge in [-0.2, -0.15) is 0 Å². The van der Waals surface area contributed by atoms with Crippen molar-refractivity contribution in [2.24, 2.45) is 0 Å². The molecule has 2 N–H and O–H groups in total. The predicted octanol–water partition coefficient (Wildman–Crippen LogP) is 2.30. The first-order valence-corrected chi connectivity index (χ1v) is 4.62. The molecule has 1 aromatic rings. The van der Waals surface area contributed by atoms with E-state index in [1.807, 2.05) is 6.92 Å². The average molecular weight is 195 g/mol. The maximum atomic E-state index is 5.01. The van der Waals surface area contributed by atoms with Gasteiger partial charge in [-0.1, -0.05) is 25.2 Å². The molecule has 0 aliphatic rings. The van der Waals surface area contributed by atoms with Crippen molar-refractivity contribution in [3.63, 3.8) is 0 Å². The number of nitrogens with one attached hydrogen (secondary N) is 2. The third kappa shape index (κ3) is 2.99. The summed E-state index contributed by atoms with van der Waals surface area (Å²) in [5.74, 6) is 1.80. The molecule has 0 radical (unpaired) electrons. The first kappa shape index (κ1) is 9.92. The molecule has 0 fully saturated rings. The standard InChI is InChI=1S/C9H13N3S/c1-3-5-10-8-6-9(13)12-7(4-2)11-8/h3,6H,1,4-5H2,2H3,(H2,10,11,12,13). The molecule has 3 nitrogen and oxygen atoms in total. The maximum Gasteiger partial charge on any atom is 0.131 e. The summed E-state index contributed by atoms with van der Waals surface area (Å²) in [5, 5.41) is 3.13. The van der Waals surface area contributed by atoms with Crippen molar-refractivity contribution in [2.45, 2.75) is 13.3 Å². The van der Waals surface area contributed by atoms with Gasteiger partial charge in [-0.25, -0.2) is 4.98 Å². The highest BCUT2D eigenvalue weighted by Gasteiger charge is 1.94. The zero-order chi connectivity index (χ0) is 9.68. The third-order valence-corrected chi connectivity index (χ3v) is 1.77. The van der Waals surface area contributed by atoms with Gasteiger partial charge < -0.3 is 10.3 Å². The second-order valence-corrected chi connectivity index (χ2v) is 3.02. The number of aromatic amines is 1. The number of aryl methyl sites for hydroxylation is 1. The number of H-pyrrole nitrogens is 1. The van der Waals surface area contributed by atoms with Gasteiger partial charge in [-0.3, -0.25) is 0 Å². The normalized spacial score (nSPS) is 9.62. The van der Waals surface area contributed by atoms with Crippen LogP contribution in [0, 0.1) is 4.64 Å². The fourth-order valence-electron chi connectivity index (χ4n) is 0.953. The van der Waals surface area contributed by atoms with Crippen molar-refractivity contribution < 1.29 is 0 Å². The Morgan fingerprint density at radius 2 is 2.54 bits per heavy atom. The van der Waals surface area contributed by atoms with E-state index in [-0.39, 0.29) is 0 Å². The van der Waals surface area contributed by atoms with Crippen LogP contribution in [0.3, 0.4) is 0 Å². The topological polar surface area (TPSA) is 40.7 Å². The molecule has 0 aliphatic heterocycles. The Bertz CT molecular complexity index is 343. The van der Waals surface area contributed by atoms with Gasteiger partial charge >= 0.3 is 0 Å². The van der Waals surface area contributed by atoms with Crippen LogP contribution in [0.25, 0.3) is 0 Å². The van der Waals surface area contributed by atoms with Crippen molar-refractivity contribution in [3.8, 4) is 0 Å². The van der Waals surface area contributed by atoms with E-state index in [0.717, 1.165) is 24.6 Å². The van der Waals surface area contributed by atoms with Crippen LogP contribution in [0.5, 0.6) is 0 Å². The van der Waals surface area contributed by atoms with Gasteiger partial charge in [0.1, 0.15) is 16.3 Å². The zero-order valence-electron chi connectivity index (χ0n) is 7.63. The van der Waals surface area contributed by atoms with Gasteiger partial charge in [0, 0.05) is 19.0 Å². The monoisotopic (exact) mass is 195 g/mol. The SMILES string of the molecule is C=CCNc1cc(=S)nc(CC)[nH]1.